The molecule has 0 saturated heterocycles. The van der Waals surface area contributed by atoms with Crippen LogP contribution >= 0.6 is 11.8 Å². The van der Waals surface area contributed by atoms with E-state index >= 15 is 0 Å². The van der Waals surface area contributed by atoms with E-state index in [-0.39, 0.29) is 11.9 Å². The van der Waals surface area contributed by atoms with Crippen molar-refractivity contribution >= 4 is 11.8 Å². The minimum atomic E-state index is -0.217. The molecule has 0 aliphatic rings. The molecule has 1 aromatic rings. The fraction of sp³-hybridized carbons (Fsp3) is 0.455. The second-order valence-corrected chi connectivity index (χ2v) is 5.26. The van der Waals surface area contributed by atoms with Gasteiger partial charge in [0.15, 0.2) is 0 Å². The molecule has 0 spiro atoms. The summed E-state index contributed by atoms with van der Waals surface area (Å²) in [5.74, 6) is -0.217. The SMILES string of the molecule is CC(C)Sc1ccc(F)cc1[C@@H](C)N. The number of benzene rings is 1. The number of hydrogen-bond acceptors (Lipinski definition) is 2. The molecule has 1 rings (SSSR count). The van der Waals surface area contributed by atoms with E-state index in [0.717, 1.165) is 10.5 Å². The van der Waals surface area contributed by atoms with Gasteiger partial charge in [-0.05, 0) is 30.7 Å². The van der Waals surface area contributed by atoms with Gasteiger partial charge in [-0.3, -0.25) is 0 Å². The van der Waals surface area contributed by atoms with Crippen molar-refractivity contribution < 1.29 is 4.39 Å². The van der Waals surface area contributed by atoms with E-state index in [1.54, 1.807) is 17.8 Å². The van der Waals surface area contributed by atoms with Gasteiger partial charge in [0, 0.05) is 16.2 Å². The van der Waals surface area contributed by atoms with E-state index < -0.39 is 0 Å². The van der Waals surface area contributed by atoms with Crippen molar-refractivity contribution in [2.75, 3.05) is 0 Å². The van der Waals surface area contributed by atoms with Crippen molar-refractivity contribution in [1.29, 1.82) is 0 Å². The zero-order valence-electron chi connectivity index (χ0n) is 8.75. The molecule has 0 aliphatic heterocycles. The summed E-state index contributed by atoms with van der Waals surface area (Å²) >= 11 is 1.72. The highest BCUT2D eigenvalue weighted by molar-refractivity contribution is 8.00. The first kappa shape index (κ1) is 11.5. The smallest absolute Gasteiger partial charge is 0.123 e. The van der Waals surface area contributed by atoms with Crippen LogP contribution in [0.3, 0.4) is 0 Å². The summed E-state index contributed by atoms with van der Waals surface area (Å²) in [7, 11) is 0. The number of hydrogen-bond donors (Lipinski definition) is 1. The molecule has 2 N–H and O–H groups in total. The molecule has 0 radical (unpaired) electrons. The zero-order chi connectivity index (χ0) is 10.7. The van der Waals surface area contributed by atoms with Gasteiger partial charge in [0.1, 0.15) is 5.82 Å². The third-order valence-electron chi connectivity index (χ3n) is 1.83. The van der Waals surface area contributed by atoms with Crippen LogP contribution in [0.5, 0.6) is 0 Å². The highest BCUT2D eigenvalue weighted by Gasteiger charge is 2.09. The molecular formula is C11H16FNS. The normalized spacial score (nSPS) is 13.3. The number of nitrogens with two attached hydrogens (primary N) is 1. The summed E-state index contributed by atoms with van der Waals surface area (Å²) < 4.78 is 13.0. The van der Waals surface area contributed by atoms with E-state index in [2.05, 4.69) is 13.8 Å². The lowest BCUT2D eigenvalue weighted by Gasteiger charge is -2.13. The Labute approximate surface area is 88.9 Å². The Hall–Kier alpha value is -0.540. The van der Waals surface area contributed by atoms with Crippen LogP contribution in [-0.4, -0.2) is 5.25 Å². The van der Waals surface area contributed by atoms with E-state index in [1.807, 2.05) is 6.92 Å². The van der Waals surface area contributed by atoms with Crippen molar-refractivity contribution in [1.82, 2.24) is 0 Å². The predicted octanol–water partition coefficient (Wildman–Crippen LogP) is 3.35. The van der Waals surface area contributed by atoms with Crippen LogP contribution in [0.15, 0.2) is 23.1 Å². The Morgan fingerprint density at radius 2 is 1.93 bits per heavy atom. The molecule has 3 heteroatoms. The minimum absolute atomic E-state index is 0.119. The monoisotopic (exact) mass is 213 g/mol. The van der Waals surface area contributed by atoms with Gasteiger partial charge in [-0.25, -0.2) is 4.39 Å². The molecule has 1 atom stereocenters. The Balaban J connectivity index is 3.02. The molecule has 0 amide bonds. The quantitative estimate of drug-likeness (QED) is 0.779. The molecule has 0 aliphatic carbocycles. The van der Waals surface area contributed by atoms with Gasteiger partial charge in [0.25, 0.3) is 0 Å². The standard InChI is InChI=1S/C11H16FNS/c1-7(2)14-11-5-4-9(12)6-10(11)8(3)13/h4-8H,13H2,1-3H3/t8-/m1/s1. The molecule has 0 saturated carbocycles. The van der Waals surface area contributed by atoms with E-state index in [1.165, 1.54) is 12.1 Å². The summed E-state index contributed by atoms with van der Waals surface area (Å²) in [5.41, 5.74) is 6.67. The summed E-state index contributed by atoms with van der Waals surface area (Å²) in [6.45, 7) is 6.09. The topological polar surface area (TPSA) is 26.0 Å². The molecule has 0 heterocycles. The molecule has 0 fully saturated rings. The van der Waals surface area contributed by atoms with Gasteiger partial charge in [0.05, 0.1) is 0 Å². The third kappa shape index (κ3) is 3.00. The molecule has 0 aromatic heterocycles. The second kappa shape index (κ2) is 4.80. The van der Waals surface area contributed by atoms with E-state index in [4.69, 9.17) is 5.73 Å². The van der Waals surface area contributed by atoms with Crippen molar-refractivity contribution in [3.8, 4) is 0 Å². The fourth-order valence-electron chi connectivity index (χ4n) is 1.24. The molecule has 0 bridgehead atoms. The van der Waals surface area contributed by atoms with Gasteiger partial charge in [0.2, 0.25) is 0 Å². The summed E-state index contributed by atoms with van der Waals surface area (Å²) in [6.07, 6.45) is 0. The minimum Gasteiger partial charge on any atom is -0.324 e. The molecule has 14 heavy (non-hydrogen) atoms. The zero-order valence-corrected chi connectivity index (χ0v) is 9.57. The highest BCUT2D eigenvalue weighted by atomic mass is 32.2. The van der Waals surface area contributed by atoms with Crippen LogP contribution in [0.25, 0.3) is 0 Å². The highest BCUT2D eigenvalue weighted by Crippen LogP contribution is 2.30. The Bertz CT molecular complexity index is 310. The second-order valence-electron chi connectivity index (χ2n) is 3.64. The first-order valence-corrected chi connectivity index (χ1v) is 5.60. The third-order valence-corrected chi connectivity index (χ3v) is 2.92. The van der Waals surface area contributed by atoms with Gasteiger partial charge in [-0.1, -0.05) is 13.8 Å². The molecular weight excluding hydrogens is 197 g/mol. The van der Waals surface area contributed by atoms with Gasteiger partial charge in [-0.2, -0.15) is 0 Å². The average Bonchev–Trinajstić information content (AvgIpc) is 2.07. The van der Waals surface area contributed by atoms with Crippen LogP contribution in [0, 0.1) is 5.82 Å². The van der Waals surface area contributed by atoms with Crippen LogP contribution < -0.4 is 5.73 Å². The van der Waals surface area contributed by atoms with Crippen LogP contribution in [0.4, 0.5) is 4.39 Å². The van der Waals surface area contributed by atoms with Gasteiger partial charge in [-0.15, -0.1) is 11.8 Å². The number of thioether (sulfide) groups is 1. The van der Waals surface area contributed by atoms with Crippen molar-refractivity contribution in [2.45, 2.75) is 37.0 Å². The average molecular weight is 213 g/mol. The van der Waals surface area contributed by atoms with Gasteiger partial charge >= 0.3 is 0 Å². The van der Waals surface area contributed by atoms with Crippen LogP contribution in [-0.2, 0) is 0 Å². The molecule has 1 aromatic carbocycles. The number of rotatable bonds is 3. The van der Waals surface area contributed by atoms with Crippen molar-refractivity contribution in [2.24, 2.45) is 5.73 Å². The number of halogens is 1. The fourth-order valence-corrected chi connectivity index (χ4v) is 2.27. The summed E-state index contributed by atoms with van der Waals surface area (Å²) in [4.78, 5) is 1.08. The maximum Gasteiger partial charge on any atom is 0.123 e. The van der Waals surface area contributed by atoms with Crippen LogP contribution in [0.2, 0.25) is 0 Å². The Morgan fingerprint density at radius 3 is 2.43 bits per heavy atom. The molecule has 78 valence electrons. The van der Waals surface area contributed by atoms with E-state index in [0.29, 0.717) is 5.25 Å². The lowest BCUT2D eigenvalue weighted by atomic mass is 10.1. The van der Waals surface area contributed by atoms with Gasteiger partial charge < -0.3 is 5.73 Å². The lowest BCUT2D eigenvalue weighted by Crippen LogP contribution is -2.07. The molecule has 0 unspecified atom stereocenters. The van der Waals surface area contributed by atoms with Crippen molar-refractivity contribution in [3.63, 3.8) is 0 Å². The lowest BCUT2D eigenvalue weighted by molar-refractivity contribution is 0.619. The maximum absolute atomic E-state index is 13.0. The van der Waals surface area contributed by atoms with E-state index in [9.17, 15) is 4.39 Å². The predicted molar refractivity (Wildman–Crippen MR) is 60.0 cm³/mol. The first-order valence-electron chi connectivity index (χ1n) is 4.72. The largest absolute Gasteiger partial charge is 0.324 e. The molecule has 1 nitrogen and oxygen atoms in total. The summed E-state index contributed by atoms with van der Waals surface area (Å²) in [6, 6.07) is 4.69. The first-order chi connectivity index (χ1) is 6.50. The summed E-state index contributed by atoms with van der Waals surface area (Å²) in [5, 5.41) is 0.484. The Morgan fingerprint density at radius 1 is 1.29 bits per heavy atom. The maximum atomic E-state index is 13.0. The van der Waals surface area contributed by atoms with Crippen molar-refractivity contribution in [3.05, 3.63) is 29.6 Å². The van der Waals surface area contributed by atoms with Crippen LogP contribution in [0.1, 0.15) is 32.4 Å². The Kier molecular flexibility index (Phi) is 3.96.